The van der Waals surface area contributed by atoms with Gasteiger partial charge in [-0.1, -0.05) is 6.07 Å². The normalized spacial score (nSPS) is 10.8. The fourth-order valence-corrected chi connectivity index (χ4v) is 2.28. The van der Waals surface area contributed by atoms with Gasteiger partial charge in [-0.2, -0.15) is 0 Å². The highest BCUT2D eigenvalue weighted by molar-refractivity contribution is 6.00. The molecule has 0 spiro atoms. The molecule has 0 unspecified atom stereocenters. The molecule has 4 nitrogen and oxygen atoms in total. The van der Waals surface area contributed by atoms with E-state index in [-0.39, 0.29) is 0 Å². The van der Waals surface area contributed by atoms with E-state index < -0.39 is 0 Å². The number of hydrogen-bond acceptors (Lipinski definition) is 4. The summed E-state index contributed by atoms with van der Waals surface area (Å²) in [4.78, 5) is 4.17. The lowest BCUT2D eigenvalue weighted by Gasteiger charge is -2.08. The van der Waals surface area contributed by atoms with Crippen molar-refractivity contribution < 1.29 is 9.15 Å². The molecule has 0 amide bonds. The average Bonchev–Trinajstić information content (AvgIpc) is 2.81. The topological polar surface area (TPSA) is 61.3 Å². The van der Waals surface area contributed by atoms with E-state index in [4.69, 9.17) is 14.9 Å². The van der Waals surface area contributed by atoms with Crippen LogP contribution in [-0.2, 0) is 0 Å². The van der Waals surface area contributed by atoms with Crippen molar-refractivity contribution in [2.75, 3.05) is 12.8 Å². The number of nitrogens with two attached hydrogens (primary N) is 1. The van der Waals surface area contributed by atoms with Crippen molar-refractivity contribution in [2.24, 2.45) is 0 Å². The van der Waals surface area contributed by atoms with Crippen LogP contribution in [0.1, 0.15) is 5.56 Å². The number of pyridine rings is 1. The third-order valence-corrected chi connectivity index (χ3v) is 3.21. The number of furan rings is 1. The number of nitrogens with zero attached hydrogens (tertiary/aromatic N) is 1. The third-order valence-electron chi connectivity index (χ3n) is 3.21. The first-order chi connectivity index (χ1) is 9.20. The van der Waals surface area contributed by atoms with E-state index in [0.717, 1.165) is 27.8 Å². The molecule has 0 aliphatic heterocycles. The van der Waals surface area contributed by atoms with Gasteiger partial charge in [0.2, 0.25) is 5.71 Å². The largest absolute Gasteiger partial charge is 0.496 e. The number of rotatable bonds is 2. The van der Waals surface area contributed by atoms with E-state index in [0.29, 0.717) is 11.4 Å². The molecular weight excluding hydrogens is 240 g/mol. The van der Waals surface area contributed by atoms with Crippen LogP contribution in [0.2, 0.25) is 0 Å². The monoisotopic (exact) mass is 254 g/mol. The fourth-order valence-electron chi connectivity index (χ4n) is 2.28. The quantitative estimate of drug-likeness (QED) is 0.761. The molecular formula is C15H14N2O2. The number of aryl methyl sites for hydroxylation is 1. The molecule has 2 aromatic heterocycles. The molecule has 3 rings (SSSR count). The Labute approximate surface area is 110 Å². The number of benzene rings is 1. The number of ether oxygens (including phenoxy) is 1. The Morgan fingerprint density at radius 1 is 1.26 bits per heavy atom. The highest BCUT2D eigenvalue weighted by atomic mass is 16.5. The smallest absolute Gasteiger partial charge is 0.228 e. The van der Waals surface area contributed by atoms with Gasteiger partial charge in [-0.15, -0.1) is 0 Å². The maximum atomic E-state index is 5.95. The summed E-state index contributed by atoms with van der Waals surface area (Å²) in [6.07, 6.45) is 3.25. The second kappa shape index (κ2) is 4.31. The van der Waals surface area contributed by atoms with Gasteiger partial charge in [-0.25, -0.2) is 4.98 Å². The molecule has 0 atom stereocenters. The van der Waals surface area contributed by atoms with Crippen LogP contribution < -0.4 is 10.5 Å². The fraction of sp³-hybridized carbons (Fsp3) is 0.133. The van der Waals surface area contributed by atoms with Crippen LogP contribution in [0.4, 0.5) is 5.69 Å². The van der Waals surface area contributed by atoms with Gasteiger partial charge in [0.05, 0.1) is 18.2 Å². The minimum atomic E-state index is 0.559. The van der Waals surface area contributed by atoms with Crippen molar-refractivity contribution in [3.63, 3.8) is 0 Å². The van der Waals surface area contributed by atoms with Gasteiger partial charge in [-0.3, -0.25) is 0 Å². The lowest BCUT2D eigenvalue weighted by molar-refractivity contribution is 0.412. The summed E-state index contributed by atoms with van der Waals surface area (Å²) in [7, 11) is 1.67. The summed E-state index contributed by atoms with van der Waals surface area (Å²) >= 11 is 0. The molecule has 96 valence electrons. The van der Waals surface area contributed by atoms with Gasteiger partial charge in [-0.05, 0) is 41.8 Å². The van der Waals surface area contributed by atoms with Crippen LogP contribution in [0.3, 0.4) is 0 Å². The summed E-state index contributed by atoms with van der Waals surface area (Å²) in [5.41, 5.74) is 10.3. The summed E-state index contributed by atoms with van der Waals surface area (Å²) in [6, 6.07) is 7.97. The number of fused-ring (bicyclic) bond motifs is 1. The second-order valence-corrected chi connectivity index (χ2v) is 4.41. The van der Waals surface area contributed by atoms with E-state index in [1.807, 2.05) is 25.1 Å². The van der Waals surface area contributed by atoms with Gasteiger partial charge >= 0.3 is 0 Å². The first-order valence-corrected chi connectivity index (χ1v) is 5.97. The summed E-state index contributed by atoms with van der Waals surface area (Å²) in [5, 5.41) is 0.854. The van der Waals surface area contributed by atoms with Gasteiger partial charge in [0.25, 0.3) is 0 Å². The Morgan fingerprint density at radius 3 is 2.84 bits per heavy atom. The average molecular weight is 254 g/mol. The predicted molar refractivity (Wildman–Crippen MR) is 75.1 cm³/mol. The summed E-state index contributed by atoms with van der Waals surface area (Å²) in [5.74, 6) is 0.870. The molecule has 0 fully saturated rings. The molecule has 3 aromatic rings. The number of anilines is 1. The SMILES string of the molecule is COc1ccc(-c2ccnc3occ(N)c23)cc1C. The van der Waals surface area contributed by atoms with Crippen LogP contribution in [0.15, 0.2) is 41.1 Å². The molecule has 0 radical (unpaired) electrons. The maximum Gasteiger partial charge on any atom is 0.228 e. The van der Waals surface area contributed by atoms with Crippen molar-refractivity contribution in [2.45, 2.75) is 6.92 Å². The predicted octanol–water partition coefficient (Wildman–Crippen LogP) is 3.39. The van der Waals surface area contributed by atoms with Gasteiger partial charge in [0.15, 0.2) is 0 Å². The molecule has 19 heavy (non-hydrogen) atoms. The lowest BCUT2D eigenvalue weighted by Crippen LogP contribution is -1.90. The highest BCUT2D eigenvalue weighted by Gasteiger charge is 2.11. The van der Waals surface area contributed by atoms with E-state index in [2.05, 4.69) is 11.1 Å². The van der Waals surface area contributed by atoms with Crippen molar-refractivity contribution in [3.05, 3.63) is 42.3 Å². The van der Waals surface area contributed by atoms with Crippen LogP contribution in [0, 0.1) is 6.92 Å². The molecule has 4 heteroatoms. The van der Waals surface area contributed by atoms with Crippen molar-refractivity contribution in [1.82, 2.24) is 4.98 Å². The minimum Gasteiger partial charge on any atom is -0.496 e. The van der Waals surface area contributed by atoms with Crippen molar-refractivity contribution in [3.8, 4) is 16.9 Å². The Kier molecular flexibility index (Phi) is 2.63. The number of methoxy groups -OCH3 is 1. The zero-order chi connectivity index (χ0) is 13.4. The Bertz CT molecular complexity index is 747. The van der Waals surface area contributed by atoms with Crippen molar-refractivity contribution in [1.29, 1.82) is 0 Å². The van der Waals surface area contributed by atoms with E-state index >= 15 is 0 Å². The van der Waals surface area contributed by atoms with Gasteiger partial charge in [0.1, 0.15) is 12.0 Å². The van der Waals surface area contributed by atoms with E-state index in [9.17, 15) is 0 Å². The third kappa shape index (κ3) is 1.81. The van der Waals surface area contributed by atoms with Gasteiger partial charge < -0.3 is 14.9 Å². The first kappa shape index (κ1) is 11.6. The van der Waals surface area contributed by atoms with Crippen LogP contribution >= 0.6 is 0 Å². The molecule has 0 aliphatic carbocycles. The number of nitrogen functional groups attached to an aromatic ring is 1. The Hall–Kier alpha value is -2.49. The van der Waals surface area contributed by atoms with Gasteiger partial charge in [0, 0.05) is 6.20 Å². The molecule has 2 heterocycles. The number of hydrogen-bond donors (Lipinski definition) is 1. The lowest BCUT2D eigenvalue weighted by atomic mass is 10.0. The Balaban J connectivity index is 2.24. The van der Waals surface area contributed by atoms with Crippen LogP contribution in [-0.4, -0.2) is 12.1 Å². The zero-order valence-corrected chi connectivity index (χ0v) is 10.8. The summed E-state index contributed by atoms with van der Waals surface area (Å²) < 4.78 is 10.6. The standard InChI is InChI=1S/C15H14N2O2/c1-9-7-10(3-4-13(9)18-2)11-5-6-17-15-14(11)12(16)8-19-15/h3-8H,16H2,1-2H3. The van der Waals surface area contributed by atoms with Crippen LogP contribution in [0.5, 0.6) is 5.75 Å². The molecule has 1 aromatic carbocycles. The molecule has 2 N–H and O–H groups in total. The summed E-state index contributed by atoms with van der Waals surface area (Å²) in [6.45, 7) is 2.01. The zero-order valence-electron chi connectivity index (χ0n) is 10.8. The van der Waals surface area contributed by atoms with Crippen LogP contribution in [0.25, 0.3) is 22.2 Å². The minimum absolute atomic E-state index is 0.559. The molecule has 0 saturated carbocycles. The first-order valence-electron chi connectivity index (χ1n) is 5.97. The van der Waals surface area contributed by atoms with Crippen molar-refractivity contribution >= 4 is 16.8 Å². The molecule has 0 saturated heterocycles. The van der Waals surface area contributed by atoms with E-state index in [1.54, 1.807) is 13.3 Å². The van der Waals surface area contributed by atoms with E-state index in [1.165, 1.54) is 6.26 Å². The maximum absolute atomic E-state index is 5.95. The number of aromatic nitrogens is 1. The molecule has 0 aliphatic rings. The highest BCUT2D eigenvalue weighted by Crippen LogP contribution is 2.34. The molecule has 0 bridgehead atoms. The Morgan fingerprint density at radius 2 is 2.11 bits per heavy atom. The second-order valence-electron chi connectivity index (χ2n) is 4.41.